The topological polar surface area (TPSA) is 64.9 Å². The van der Waals surface area contributed by atoms with Crippen LogP contribution in [0.15, 0.2) is 42.7 Å². The van der Waals surface area contributed by atoms with Crippen LogP contribution in [-0.4, -0.2) is 28.5 Å². The zero-order chi connectivity index (χ0) is 21.9. The Morgan fingerprint density at radius 1 is 1.06 bits per heavy atom. The van der Waals surface area contributed by atoms with Crippen LogP contribution in [0.1, 0.15) is 51.9 Å². The number of pyridine rings is 1. The van der Waals surface area contributed by atoms with Crippen LogP contribution in [0.3, 0.4) is 0 Å². The van der Waals surface area contributed by atoms with Gasteiger partial charge in [-0.15, -0.1) is 0 Å². The molecular formula is C26H31N3O3. The normalized spacial score (nSPS) is 20.3. The van der Waals surface area contributed by atoms with Gasteiger partial charge in [0, 0.05) is 23.9 Å². The largest absolute Gasteiger partial charge is 0.486 e. The average molecular weight is 434 g/mol. The van der Waals surface area contributed by atoms with Gasteiger partial charge >= 0.3 is 0 Å². The van der Waals surface area contributed by atoms with Gasteiger partial charge in [0.15, 0.2) is 11.5 Å². The highest BCUT2D eigenvalue weighted by atomic mass is 16.6. The lowest BCUT2D eigenvalue weighted by Crippen LogP contribution is -2.27. The third-order valence-electron chi connectivity index (χ3n) is 6.74. The molecule has 2 aliphatic rings. The van der Waals surface area contributed by atoms with Crippen LogP contribution in [0.5, 0.6) is 11.5 Å². The molecule has 3 heterocycles. The lowest BCUT2D eigenvalue weighted by atomic mass is 9.79. The number of rotatable bonds is 6. The van der Waals surface area contributed by atoms with E-state index in [1.54, 1.807) is 0 Å². The van der Waals surface area contributed by atoms with Crippen LogP contribution in [-0.2, 0) is 4.79 Å². The fourth-order valence-corrected chi connectivity index (χ4v) is 4.86. The summed E-state index contributed by atoms with van der Waals surface area (Å²) in [4.78, 5) is 17.6. The minimum absolute atomic E-state index is 0.125. The third kappa shape index (κ3) is 4.45. The number of unbranched alkanes of at least 4 members (excludes halogenated alkanes) is 1. The number of fused-ring (bicyclic) bond motifs is 2. The van der Waals surface area contributed by atoms with E-state index in [0.717, 1.165) is 52.9 Å². The summed E-state index contributed by atoms with van der Waals surface area (Å²) in [6, 6.07) is 9.76. The van der Waals surface area contributed by atoms with Crippen molar-refractivity contribution < 1.29 is 14.3 Å². The quantitative estimate of drug-likeness (QED) is 0.541. The summed E-state index contributed by atoms with van der Waals surface area (Å²) in [5.74, 6) is 2.60. The van der Waals surface area contributed by atoms with E-state index >= 15 is 0 Å². The molecule has 0 saturated heterocycles. The van der Waals surface area contributed by atoms with Crippen LogP contribution >= 0.6 is 0 Å². The Bertz CT molecular complexity index is 1100. The molecule has 6 heteroatoms. The molecule has 0 bridgehead atoms. The van der Waals surface area contributed by atoms with E-state index in [1.165, 1.54) is 32.1 Å². The summed E-state index contributed by atoms with van der Waals surface area (Å²) in [7, 11) is 0. The molecule has 6 nitrogen and oxygen atoms in total. The standard InChI is InChI=1S/C26H31N3O3/c1-2-3-4-18-5-7-19(8-6-18)26(30)27-21-10-12-25-28-22(17-29(25)16-21)20-9-11-23-24(15-20)32-14-13-31-23/h9-12,15-19H,2-8,13-14H2,1H3,(H,27,30). The Labute approximate surface area is 188 Å². The van der Waals surface area contributed by atoms with Crippen LogP contribution in [0.4, 0.5) is 5.69 Å². The fourth-order valence-electron chi connectivity index (χ4n) is 4.86. The molecule has 1 aliphatic carbocycles. The molecule has 1 aromatic carbocycles. The van der Waals surface area contributed by atoms with Gasteiger partial charge in [0.2, 0.25) is 5.91 Å². The Morgan fingerprint density at radius 3 is 2.69 bits per heavy atom. The predicted octanol–water partition coefficient (Wildman–Crippen LogP) is 5.71. The Balaban J connectivity index is 1.26. The van der Waals surface area contributed by atoms with Gasteiger partial charge in [0.05, 0.1) is 11.4 Å². The summed E-state index contributed by atoms with van der Waals surface area (Å²) in [5, 5.41) is 3.13. The minimum atomic E-state index is 0.125. The third-order valence-corrected chi connectivity index (χ3v) is 6.74. The van der Waals surface area contributed by atoms with Gasteiger partial charge in [-0.05, 0) is 61.9 Å². The number of amides is 1. The van der Waals surface area contributed by atoms with Crippen molar-refractivity contribution in [3.63, 3.8) is 0 Å². The summed E-state index contributed by atoms with van der Waals surface area (Å²) < 4.78 is 13.3. The van der Waals surface area contributed by atoms with Crippen molar-refractivity contribution >= 4 is 17.2 Å². The van der Waals surface area contributed by atoms with Gasteiger partial charge in [-0.2, -0.15) is 0 Å². The fraction of sp³-hybridized carbons (Fsp3) is 0.462. The maximum atomic E-state index is 12.8. The van der Waals surface area contributed by atoms with Gasteiger partial charge < -0.3 is 19.2 Å². The zero-order valence-electron chi connectivity index (χ0n) is 18.7. The first-order valence-electron chi connectivity index (χ1n) is 11.9. The van der Waals surface area contributed by atoms with E-state index in [2.05, 4.69) is 12.2 Å². The Morgan fingerprint density at radius 2 is 1.88 bits per heavy atom. The minimum Gasteiger partial charge on any atom is -0.486 e. The van der Waals surface area contributed by atoms with E-state index in [0.29, 0.717) is 13.2 Å². The summed E-state index contributed by atoms with van der Waals surface area (Å²) in [6.07, 6.45) is 12.2. The molecular weight excluding hydrogens is 402 g/mol. The number of nitrogens with one attached hydrogen (secondary N) is 1. The molecule has 3 aromatic rings. The number of anilines is 1. The maximum absolute atomic E-state index is 12.8. The number of benzene rings is 1. The first kappa shape index (κ1) is 20.9. The van der Waals surface area contributed by atoms with Crippen molar-refractivity contribution in [2.24, 2.45) is 11.8 Å². The number of hydrogen-bond acceptors (Lipinski definition) is 4. The Hall–Kier alpha value is -3.02. The van der Waals surface area contributed by atoms with Crippen molar-refractivity contribution in [2.45, 2.75) is 51.9 Å². The lowest BCUT2D eigenvalue weighted by Gasteiger charge is -2.27. The van der Waals surface area contributed by atoms with E-state index in [9.17, 15) is 4.79 Å². The molecule has 2 aromatic heterocycles. The first-order valence-corrected chi connectivity index (χ1v) is 11.9. The molecule has 168 valence electrons. The van der Waals surface area contributed by atoms with Gasteiger partial charge in [0.25, 0.3) is 0 Å². The molecule has 0 unspecified atom stereocenters. The second-order valence-corrected chi connectivity index (χ2v) is 9.02. The number of hydrogen-bond donors (Lipinski definition) is 1. The lowest BCUT2D eigenvalue weighted by molar-refractivity contribution is -0.121. The highest BCUT2D eigenvalue weighted by Gasteiger charge is 2.26. The summed E-state index contributed by atoms with van der Waals surface area (Å²) >= 11 is 0. The molecule has 1 fully saturated rings. The van der Waals surface area contributed by atoms with Gasteiger partial charge in [-0.25, -0.2) is 4.98 Å². The SMILES string of the molecule is CCCCC1CCC(C(=O)Nc2ccc3nc(-c4ccc5c(c4)OCCO5)cn3c2)CC1. The van der Waals surface area contributed by atoms with Crippen molar-refractivity contribution in [1.29, 1.82) is 0 Å². The van der Waals surface area contributed by atoms with E-state index in [1.807, 2.05) is 47.1 Å². The molecule has 0 radical (unpaired) electrons. The van der Waals surface area contributed by atoms with Gasteiger partial charge in [-0.1, -0.05) is 26.2 Å². The van der Waals surface area contributed by atoms with Crippen molar-refractivity contribution in [2.75, 3.05) is 18.5 Å². The molecule has 1 saturated carbocycles. The van der Waals surface area contributed by atoms with Crippen LogP contribution in [0.25, 0.3) is 16.9 Å². The van der Waals surface area contributed by atoms with Crippen molar-refractivity contribution in [1.82, 2.24) is 9.38 Å². The molecule has 32 heavy (non-hydrogen) atoms. The Kier molecular flexibility index (Phi) is 6.02. The number of aromatic nitrogens is 2. The molecule has 1 aliphatic heterocycles. The second-order valence-electron chi connectivity index (χ2n) is 9.02. The van der Waals surface area contributed by atoms with Crippen LogP contribution in [0, 0.1) is 11.8 Å². The monoisotopic (exact) mass is 433 g/mol. The molecule has 0 atom stereocenters. The van der Waals surface area contributed by atoms with E-state index in [-0.39, 0.29) is 11.8 Å². The molecule has 1 amide bonds. The highest BCUT2D eigenvalue weighted by molar-refractivity contribution is 5.92. The summed E-state index contributed by atoms with van der Waals surface area (Å²) in [5.41, 5.74) is 3.48. The first-order chi connectivity index (χ1) is 15.7. The van der Waals surface area contributed by atoms with Crippen molar-refractivity contribution in [3.05, 3.63) is 42.7 Å². The predicted molar refractivity (Wildman–Crippen MR) is 125 cm³/mol. The number of imidazole rings is 1. The van der Waals surface area contributed by atoms with Crippen molar-refractivity contribution in [3.8, 4) is 22.8 Å². The smallest absolute Gasteiger partial charge is 0.227 e. The van der Waals surface area contributed by atoms with E-state index in [4.69, 9.17) is 14.5 Å². The molecule has 0 spiro atoms. The average Bonchev–Trinajstić information content (AvgIpc) is 3.26. The number of nitrogens with zero attached hydrogens (tertiary/aromatic N) is 2. The second kappa shape index (κ2) is 9.23. The number of ether oxygens (including phenoxy) is 2. The van der Waals surface area contributed by atoms with Crippen LogP contribution < -0.4 is 14.8 Å². The zero-order valence-corrected chi connectivity index (χ0v) is 18.7. The maximum Gasteiger partial charge on any atom is 0.227 e. The van der Waals surface area contributed by atoms with E-state index < -0.39 is 0 Å². The highest BCUT2D eigenvalue weighted by Crippen LogP contribution is 2.35. The molecule has 5 rings (SSSR count). The summed E-state index contributed by atoms with van der Waals surface area (Å²) in [6.45, 7) is 3.38. The number of carbonyl (C=O) groups is 1. The van der Waals surface area contributed by atoms with Gasteiger partial charge in [0.1, 0.15) is 18.9 Å². The molecule has 1 N–H and O–H groups in total. The van der Waals surface area contributed by atoms with Gasteiger partial charge in [-0.3, -0.25) is 4.79 Å². The van der Waals surface area contributed by atoms with Crippen LogP contribution in [0.2, 0.25) is 0 Å². The number of carbonyl (C=O) groups excluding carboxylic acids is 1.